The van der Waals surface area contributed by atoms with Crippen LogP contribution in [0.2, 0.25) is 0 Å². The number of benzene rings is 1. The number of fused-ring (bicyclic) bond motifs is 1. The molecule has 0 radical (unpaired) electrons. The molecule has 0 saturated heterocycles. The summed E-state index contributed by atoms with van der Waals surface area (Å²) in [6.45, 7) is 3.84. The summed E-state index contributed by atoms with van der Waals surface area (Å²) in [5.41, 5.74) is 2.06. The van der Waals surface area contributed by atoms with E-state index in [1.54, 1.807) is 6.92 Å². The Kier molecular flexibility index (Phi) is 5.30. The maximum Gasteiger partial charge on any atom is 0.412 e. The van der Waals surface area contributed by atoms with Gasteiger partial charge >= 0.3 is 17.8 Å². The van der Waals surface area contributed by atoms with Crippen molar-refractivity contribution in [1.29, 1.82) is 0 Å². The predicted molar refractivity (Wildman–Crippen MR) is 120 cm³/mol. The van der Waals surface area contributed by atoms with Crippen LogP contribution in [0.1, 0.15) is 46.3 Å². The Hall–Kier alpha value is -4.17. The summed E-state index contributed by atoms with van der Waals surface area (Å²) in [5, 5.41) is 12.1. The topological polar surface area (TPSA) is 141 Å². The minimum Gasteiger partial charge on any atom is -0.480 e. The molecular formula is C23H18N4O6S. The van der Waals surface area contributed by atoms with Crippen molar-refractivity contribution in [3.05, 3.63) is 57.7 Å². The molecule has 1 aromatic carbocycles. The average Bonchev–Trinajstić information content (AvgIpc) is 3.25. The van der Waals surface area contributed by atoms with Gasteiger partial charge in [0.2, 0.25) is 11.5 Å². The molecule has 11 heteroatoms. The van der Waals surface area contributed by atoms with Gasteiger partial charge in [-0.05, 0) is 61.2 Å². The highest BCUT2D eigenvalue weighted by atomic mass is 32.1. The van der Waals surface area contributed by atoms with E-state index in [1.165, 1.54) is 0 Å². The number of amides is 1. The van der Waals surface area contributed by atoms with E-state index >= 15 is 0 Å². The minimum atomic E-state index is -1.08. The van der Waals surface area contributed by atoms with Crippen LogP contribution in [0, 0.1) is 25.7 Å². The van der Waals surface area contributed by atoms with Gasteiger partial charge in [-0.25, -0.2) is 4.79 Å². The molecule has 3 aromatic heterocycles. The highest BCUT2D eigenvalue weighted by molar-refractivity contribution is 7.07. The van der Waals surface area contributed by atoms with Crippen molar-refractivity contribution in [1.82, 2.24) is 14.3 Å². The third kappa shape index (κ3) is 3.99. The number of nitrogens with zero attached hydrogens (tertiary/aromatic N) is 3. The lowest BCUT2D eigenvalue weighted by atomic mass is 10.1. The number of carbonyl (C=O) groups excluding carboxylic acids is 1. The number of aliphatic carboxylic acids is 1. The Morgan fingerprint density at radius 1 is 1.21 bits per heavy atom. The molecule has 1 aliphatic carbocycles. The molecule has 0 spiro atoms. The number of oxazole rings is 2. The van der Waals surface area contributed by atoms with Gasteiger partial charge in [0.1, 0.15) is 16.9 Å². The lowest BCUT2D eigenvalue weighted by molar-refractivity contribution is -0.140. The zero-order valence-electron chi connectivity index (χ0n) is 18.2. The van der Waals surface area contributed by atoms with Crippen molar-refractivity contribution in [2.45, 2.75) is 38.7 Å². The number of nitrogens with one attached hydrogen (secondary N) is 1. The van der Waals surface area contributed by atoms with Crippen molar-refractivity contribution < 1.29 is 28.3 Å². The molecule has 0 unspecified atom stereocenters. The maximum absolute atomic E-state index is 12.3. The van der Waals surface area contributed by atoms with E-state index in [0.717, 1.165) is 22.7 Å². The molecule has 34 heavy (non-hydrogen) atoms. The summed E-state index contributed by atoms with van der Waals surface area (Å²) in [6, 6.07) is 7.65. The number of carbonyl (C=O) groups is 2. The van der Waals surface area contributed by atoms with E-state index in [1.807, 2.05) is 31.2 Å². The number of rotatable bonds is 5. The van der Waals surface area contributed by atoms with Crippen molar-refractivity contribution in [2.24, 2.45) is 0 Å². The van der Waals surface area contributed by atoms with E-state index in [-0.39, 0.29) is 29.8 Å². The van der Waals surface area contributed by atoms with Crippen molar-refractivity contribution in [3.8, 4) is 11.8 Å². The third-order valence-corrected chi connectivity index (χ3v) is 6.39. The average molecular weight is 478 g/mol. The fraction of sp³-hybridized carbons (Fsp3) is 0.261. The molecule has 2 N–H and O–H groups in total. The van der Waals surface area contributed by atoms with Crippen molar-refractivity contribution in [3.63, 3.8) is 0 Å². The second-order valence-electron chi connectivity index (χ2n) is 7.89. The summed E-state index contributed by atoms with van der Waals surface area (Å²) in [5.74, 6) is 4.82. The maximum atomic E-state index is 12.3. The normalized spacial score (nSPS) is 13.8. The lowest BCUT2D eigenvalue weighted by Crippen LogP contribution is -2.19. The van der Waals surface area contributed by atoms with Gasteiger partial charge in [0.25, 0.3) is 5.89 Å². The van der Waals surface area contributed by atoms with Crippen molar-refractivity contribution >= 4 is 40.7 Å². The Balaban J connectivity index is 1.29. The molecule has 172 valence electrons. The summed E-state index contributed by atoms with van der Waals surface area (Å²) >= 11 is 1.11. The van der Waals surface area contributed by atoms with Gasteiger partial charge in [0, 0.05) is 0 Å². The van der Waals surface area contributed by atoms with Crippen LogP contribution in [0.3, 0.4) is 0 Å². The molecule has 5 rings (SSSR count). The highest BCUT2D eigenvalue weighted by Crippen LogP contribution is 2.48. The van der Waals surface area contributed by atoms with E-state index in [2.05, 4.69) is 31.5 Å². The number of hydrogen-bond donors (Lipinski definition) is 2. The first-order valence-electron chi connectivity index (χ1n) is 10.3. The molecule has 1 fully saturated rings. The monoisotopic (exact) mass is 478 g/mol. The SMILES string of the molecule is Cc1ccccc1COC(=O)Nc1c(C)nsc1C#Cc1nc2nc(C3(C(=O)O)CC3)oc2o1. The molecule has 1 saturated carbocycles. The molecule has 10 nitrogen and oxygen atoms in total. The Morgan fingerprint density at radius 3 is 2.71 bits per heavy atom. The van der Waals surface area contributed by atoms with Gasteiger partial charge in [0.15, 0.2) is 0 Å². The van der Waals surface area contributed by atoms with Crippen LogP contribution in [0.4, 0.5) is 10.5 Å². The zero-order valence-corrected chi connectivity index (χ0v) is 19.0. The summed E-state index contributed by atoms with van der Waals surface area (Å²) < 4.78 is 20.5. The largest absolute Gasteiger partial charge is 0.480 e. The third-order valence-electron chi connectivity index (χ3n) is 5.54. The number of carboxylic acids is 1. The van der Waals surface area contributed by atoms with Gasteiger partial charge in [-0.3, -0.25) is 10.1 Å². The van der Waals surface area contributed by atoms with Gasteiger partial charge in [0.05, 0.1) is 11.4 Å². The summed E-state index contributed by atoms with van der Waals surface area (Å²) in [7, 11) is 0. The van der Waals surface area contributed by atoms with Crippen molar-refractivity contribution in [2.75, 3.05) is 5.32 Å². The first kappa shape index (κ1) is 21.7. The van der Waals surface area contributed by atoms with Crippen LogP contribution >= 0.6 is 11.5 Å². The number of carboxylic acid groups (broad SMARTS) is 1. The van der Waals surface area contributed by atoms with Gasteiger partial charge in [-0.15, -0.1) is 0 Å². The number of anilines is 1. The second kappa shape index (κ2) is 8.31. The smallest absolute Gasteiger partial charge is 0.412 e. The van der Waals surface area contributed by atoms with Crippen LogP contribution in [0.25, 0.3) is 11.4 Å². The van der Waals surface area contributed by atoms with Crippen LogP contribution in [-0.4, -0.2) is 31.5 Å². The Labute approximate surface area is 197 Å². The van der Waals surface area contributed by atoms with Crippen LogP contribution < -0.4 is 5.32 Å². The van der Waals surface area contributed by atoms with Crippen LogP contribution in [-0.2, 0) is 21.6 Å². The summed E-state index contributed by atoms with van der Waals surface area (Å²) in [6.07, 6.45) is 0.310. The molecule has 3 heterocycles. The van der Waals surface area contributed by atoms with Crippen LogP contribution in [0.15, 0.2) is 33.1 Å². The fourth-order valence-electron chi connectivity index (χ4n) is 3.31. The number of hydrogen-bond acceptors (Lipinski definition) is 9. The second-order valence-corrected chi connectivity index (χ2v) is 8.66. The van der Waals surface area contributed by atoms with Gasteiger partial charge in [-0.1, -0.05) is 24.3 Å². The standard InChI is InChI=1S/C23H18N4O6S/c1-12-5-3-4-6-14(12)11-31-22(30)25-17-13(2)27-34-15(17)7-8-16-24-18-19(32-16)33-20(26-18)23(9-10-23)21(28)29/h3-6H,9-11H2,1-2H3,(H,25,30)(H,28,29). The number of ether oxygens (including phenoxy) is 1. The molecule has 0 bridgehead atoms. The van der Waals surface area contributed by atoms with Gasteiger partial charge < -0.3 is 18.7 Å². The predicted octanol–water partition coefficient (Wildman–Crippen LogP) is 4.15. The molecule has 1 amide bonds. The first-order valence-corrected chi connectivity index (χ1v) is 11.1. The molecule has 0 atom stereocenters. The Morgan fingerprint density at radius 2 is 2.00 bits per heavy atom. The minimum absolute atomic E-state index is 0.0189. The molecule has 0 aliphatic heterocycles. The Bertz CT molecular complexity index is 1450. The van der Waals surface area contributed by atoms with E-state index in [4.69, 9.17) is 13.6 Å². The van der Waals surface area contributed by atoms with E-state index in [0.29, 0.717) is 29.1 Å². The van der Waals surface area contributed by atoms with E-state index < -0.39 is 17.5 Å². The molecule has 4 aromatic rings. The number of aryl methyl sites for hydroxylation is 2. The van der Waals surface area contributed by atoms with E-state index in [9.17, 15) is 14.7 Å². The van der Waals surface area contributed by atoms with Crippen LogP contribution in [0.5, 0.6) is 0 Å². The fourth-order valence-corrected chi connectivity index (χ4v) is 4.02. The molecular weight excluding hydrogens is 460 g/mol. The molecule has 1 aliphatic rings. The lowest BCUT2D eigenvalue weighted by Gasteiger charge is -2.08. The zero-order chi connectivity index (χ0) is 23.9. The quantitative estimate of drug-likeness (QED) is 0.405. The summed E-state index contributed by atoms with van der Waals surface area (Å²) in [4.78, 5) is 32.6. The van der Waals surface area contributed by atoms with Gasteiger partial charge in [-0.2, -0.15) is 14.3 Å². The number of aromatic nitrogens is 3. The first-order chi connectivity index (χ1) is 16.4. The highest BCUT2D eigenvalue weighted by Gasteiger charge is 2.56.